The van der Waals surface area contributed by atoms with Crippen molar-refractivity contribution in [2.45, 2.75) is 83.1 Å². The Morgan fingerprint density at radius 1 is 1.33 bits per heavy atom. The van der Waals surface area contributed by atoms with E-state index in [-0.39, 0.29) is 23.0 Å². The smallest absolute Gasteiger partial charge is 0.218 e. The molecule has 0 unspecified atom stereocenters. The van der Waals surface area contributed by atoms with Crippen LogP contribution < -0.4 is 15.4 Å². The second-order valence-corrected chi connectivity index (χ2v) is 11.4. The SMILES string of the molecule is C#CC(C)(C)Cc1cnc2c(c1)[C@@H](NC[C@H](O)[C@H](Cc1ccc(Cl)cc1)NC(C)=O)CC1(CCC1)O2. The van der Waals surface area contributed by atoms with Crippen LogP contribution >= 0.6 is 11.6 Å². The summed E-state index contributed by atoms with van der Waals surface area (Å²) in [4.78, 5) is 16.5. The Morgan fingerprint density at radius 2 is 2.06 bits per heavy atom. The highest BCUT2D eigenvalue weighted by Gasteiger charge is 2.46. The highest BCUT2D eigenvalue weighted by atomic mass is 35.5. The van der Waals surface area contributed by atoms with Crippen LogP contribution in [0.15, 0.2) is 36.5 Å². The van der Waals surface area contributed by atoms with Gasteiger partial charge in [-0.15, -0.1) is 12.3 Å². The molecule has 0 radical (unpaired) electrons. The number of halogens is 1. The Hall–Kier alpha value is -2.59. The molecule has 2 heterocycles. The summed E-state index contributed by atoms with van der Waals surface area (Å²) in [5, 5.41) is 18.3. The highest BCUT2D eigenvalue weighted by molar-refractivity contribution is 6.30. The van der Waals surface area contributed by atoms with Crippen molar-refractivity contribution in [3.63, 3.8) is 0 Å². The van der Waals surface area contributed by atoms with E-state index in [0.717, 1.165) is 48.8 Å². The van der Waals surface area contributed by atoms with Gasteiger partial charge in [-0.2, -0.15) is 0 Å². The summed E-state index contributed by atoms with van der Waals surface area (Å²) in [6.07, 6.45) is 12.0. The van der Waals surface area contributed by atoms with E-state index in [9.17, 15) is 9.90 Å². The number of fused-ring (bicyclic) bond motifs is 1. The molecule has 2 aliphatic rings. The fourth-order valence-corrected chi connectivity index (χ4v) is 5.25. The highest BCUT2D eigenvalue weighted by Crippen LogP contribution is 2.48. The number of aromatic nitrogens is 1. The fraction of sp³-hybridized carbons (Fsp3) is 0.517. The van der Waals surface area contributed by atoms with Crippen molar-refractivity contribution < 1.29 is 14.6 Å². The van der Waals surface area contributed by atoms with E-state index in [1.807, 2.05) is 44.3 Å². The van der Waals surface area contributed by atoms with Crippen molar-refractivity contribution in [1.29, 1.82) is 0 Å². The lowest BCUT2D eigenvalue weighted by Crippen LogP contribution is -2.52. The Balaban J connectivity index is 1.50. The Bertz CT molecular complexity index is 1120. The van der Waals surface area contributed by atoms with Crippen molar-refractivity contribution in [2.24, 2.45) is 5.41 Å². The maximum absolute atomic E-state index is 11.9. The number of amides is 1. The molecule has 1 saturated carbocycles. The molecule has 1 aromatic heterocycles. The minimum absolute atomic E-state index is 0.0152. The number of hydrogen-bond acceptors (Lipinski definition) is 5. The number of aliphatic hydroxyl groups excluding tert-OH is 1. The molecule has 6 nitrogen and oxygen atoms in total. The quantitative estimate of drug-likeness (QED) is 0.437. The molecule has 2 aromatic rings. The van der Waals surface area contributed by atoms with E-state index in [2.05, 4.69) is 27.6 Å². The Morgan fingerprint density at radius 3 is 2.67 bits per heavy atom. The summed E-state index contributed by atoms with van der Waals surface area (Å²) < 4.78 is 6.37. The van der Waals surface area contributed by atoms with Gasteiger partial charge < -0.3 is 20.5 Å². The maximum atomic E-state index is 11.9. The number of rotatable bonds is 9. The van der Waals surface area contributed by atoms with Crippen LogP contribution in [0.2, 0.25) is 5.02 Å². The Kier molecular flexibility index (Phi) is 7.94. The second-order valence-electron chi connectivity index (χ2n) is 11.0. The number of carbonyl (C=O) groups is 1. The lowest BCUT2D eigenvalue weighted by atomic mass is 9.73. The van der Waals surface area contributed by atoms with Crippen molar-refractivity contribution in [1.82, 2.24) is 15.6 Å². The fourth-order valence-electron chi connectivity index (χ4n) is 5.12. The standard InChI is InChI=1S/C29H36ClN3O3/c1-5-28(3,4)15-21-13-23-25(16-29(11-6-12-29)36-27(23)32-17-21)31-18-26(35)24(33-19(2)34)14-20-7-9-22(30)10-8-20/h1,7-10,13,17,24-26,31,35H,6,11-12,14-16,18H2,2-4H3,(H,33,34)/t24-,25-,26-/m0/s1. The van der Waals surface area contributed by atoms with Crippen LogP contribution in [0, 0.1) is 17.8 Å². The monoisotopic (exact) mass is 509 g/mol. The summed E-state index contributed by atoms with van der Waals surface area (Å²) in [6, 6.07) is 9.14. The van der Waals surface area contributed by atoms with E-state index >= 15 is 0 Å². The predicted molar refractivity (Wildman–Crippen MR) is 142 cm³/mol. The normalized spacial score (nSPS) is 19.8. The minimum Gasteiger partial charge on any atom is -0.471 e. The van der Waals surface area contributed by atoms with Gasteiger partial charge in [-0.3, -0.25) is 4.79 Å². The third-order valence-corrected chi connectivity index (χ3v) is 7.55. The van der Waals surface area contributed by atoms with Gasteiger partial charge in [-0.1, -0.05) is 23.7 Å². The van der Waals surface area contributed by atoms with E-state index in [1.165, 1.54) is 6.92 Å². The summed E-state index contributed by atoms with van der Waals surface area (Å²) in [7, 11) is 0. The number of pyridine rings is 1. The molecular formula is C29H36ClN3O3. The molecule has 1 aliphatic carbocycles. The molecule has 0 saturated heterocycles. The number of hydrogen-bond donors (Lipinski definition) is 3. The van der Waals surface area contributed by atoms with Gasteiger partial charge in [0.1, 0.15) is 5.60 Å². The number of aliphatic hydroxyl groups is 1. The molecular weight excluding hydrogens is 474 g/mol. The molecule has 3 atom stereocenters. The molecule has 1 aromatic carbocycles. The summed E-state index contributed by atoms with van der Waals surface area (Å²) in [5.74, 6) is 3.34. The molecule has 192 valence electrons. The molecule has 36 heavy (non-hydrogen) atoms. The molecule has 1 spiro atoms. The third kappa shape index (κ3) is 6.39. The van der Waals surface area contributed by atoms with Crippen LogP contribution in [-0.4, -0.2) is 40.3 Å². The number of nitrogens with one attached hydrogen (secondary N) is 2. The first-order valence-electron chi connectivity index (χ1n) is 12.7. The zero-order chi connectivity index (χ0) is 25.9. The van der Waals surface area contributed by atoms with Crippen molar-refractivity contribution >= 4 is 17.5 Å². The number of carbonyl (C=O) groups excluding carboxylic acids is 1. The van der Waals surface area contributed by atoms with Crippen molar-refractivity contribution in [3.05, 3.63) is 58.2 Å². The van der Waals surface area contributed by atoms with E-state index in [0.29, 0.717) is 23.9 Å². The lowest BCUT2D eigenvalue weighted by Gasteiger charge is -2.47. The van der Waals surface area contributed by atoms with Crippen LogP contribution in [0.5, 0.6) is 5.88 Å². The number of terminal acetylenes is 1. The minimum atomic E-state index is -0.787. The molecule has 4 rings (SSSR count). The molecule has 0 bridgehead atoms. The van der Waals surface area contributed by atoms with Crippen molar-refractivity contribution in [3.8, 4) is 18.2 Å². The largest absolute Gasteiger partial charge is 0.471 e. The van der Waals surface area contributed by atoms with Crippen LogP contribution in [-0.2, 0) is 17.6 Å². The van der Waals surface area contributed by atoms with Gasteiger partial charge in [0.05, 0.1) is 12.1 Å². The summed E-state index contributed by atoms with van der Waals surface area (Å²) in [6.45, 7) is 5.87. The van der Waals surface area contributed by atoms with Gasteiger partial charge in [0.25, 0.3) is 0 Å². The van der Waals surface area contributed by atoms with Gasteiger partial charge >= 0.3 is 0 Å². The lowest BCUT2D eigenvalue weighted by molar-refractivity contribution is -0.120. The van der Waals surface area contributed by atoms with Crippen LogP contribution in [0.3, 0.4) is 0 Å². The van der Waals surface area contributed by atoms with Crippen LogP contribution in [0.4, 0.5) is 0 Å². The van der Waals surface area contributed by atoms with Gasteiger partial charge in [-0.05, 0) is 75.3 Å². The third-order valence-electron chi connectivity index (χ3n) is 7.30. The van der Waals surface area contributed by atoms with Gasteiger partial charge in [-0.25, -0.2) is 4.98 Å². The number of ether oxygens (including phenoxy) is 1. The molecule has 3 N–H and O–H groups in total. The molecule has 1 amide bonds. The van der Waals surface area contributed by atoms with Crippen molar-refractivity contribution in [2.75, 3.05) is 6.54 Å². The predicted octanol–water partition coefficient (Wildman–Crippen LogP) is 4.38. The number of benzene rings is 1. The zero-order valence-electron chi connectivity index (χ0n) is 21.3. The van der Waals surface area contributed by atoms with Gasteiger partial charge in [0.15, 0.2) is 0 Å². The first kappa shape index (κ1) is 26.5. The van der Waals surface area contributed by atoms with E-state index < -0.39 is 12.1 Å². The first-order chi connectivity index (χ1) is 17.1. The van der Waals surface area contributed by atoms with Crippen LogP contribution in [0.1, 0.15) is 69.2 Å². The Labute approximate surface area is 219 Å². The zero-order valence-corrected chi connectivity index (χ0v) is 22.1. The summed E-state index contributed by atoms with van der Waals surface area (Å²) >= 11 is 6.01. The average molecular weight is 510 g/mol. The van der Waals surface area contributed by atoms with Crippen LogP contribution in [0.25, 0.3) is 0 Å². The van der Waals surface area contributed by atoms with E-state index in [4.69, 9.17) is 22.8 Å². The second kappa shape index (κ2) is 10.8. The molecule has 1 aliphatic heterocycles. The number of nitrogens with zero attached hydrogens (tertiary/aromatic N) is 1. The van der Waals surface area contributed by atoms with E-state index in [1.54, 1.807) is 0 Å². The van der Waals surface area contributed by atoms with Gasteiger partial charge in [0.2, 0.25) is 11.8 Å². The first-order valence-corrected chi connectivity index (χ1v) is 13.0. The molecule has 7 heteroatoms. The maximum Gasteiger partial charge on any atom is 0.218 e. The topological polar surface area (TPSA) is 83.5 Å². The molecule has 1 fully saturated rings. The summed E-state index contributed by atoms with van der Waals surface area (Å²) in [5.41, 5.74) is 2.59. The van der Waals surface area contributed by atoms with Gasteiger partial charge in [0, 0.05) is 48.1 Å². The average Bonchev–Trinajstić information content (AvgIpc) is 2.81.